The Hall–Kier alpha value is -2.99. The fourth-order valence-corrected chi connectivity index (χ4v) is 4.94. The Morgan fingerprint density at radius 3 is 2.90 bits per heavy atom. The number of hydrogen-bond donors (Lipinski definition) is 1. The Kier molecular flexibility index (Phi) is 4.87. The van der Waals surface area contributed by atoms with E-state index in [1.165, 1.54) is 39.5 Å². The predicted molar refractivity (Wildman–Crippen MR) is 121 cm³/mol. The molecule has 0 atom stereocenters. The fraction of sp³-hybridized carbons (Fsp3) is 0.250. The first kappa shape index (κ1) is 19.0. The van der Waals surface area contributed by atoms with Gasteiger partial charge in [-0.2, -0.15) is 0 Å². The number of thioether (sulfide) groups is 1. The summed E-state index contributed by atoms with van der Waals surface area (Å²) in [6.45, 7) is 5.65. The van der Waals surface area contributed by atoms with E-state index in [9.17, 15) is 4.79 Å². The number of benzene rings is 2. The molecule has 152 valence electrons. The van der Waals surface area contributed by atoms with Crippen LogP contribution in [0.3, 0.4) is 0 Å². The number of aryl methyl sites for hydroxylation is 2. The van der Waals surface area contributed by atoms with Crippen LogP contribution in [0.15, 0.2) is 60.0 Å². The second kappa shape index (κ2) is 7.69. The van der Waals surface area contributed by atoms with Crippen molar-refractivity contribution in [1.82, 2.24) is 19.4 Å². The summed E-state index contributed by atoms with van der Waals surface area (Å²) in [5.74, 6) is 0.546. The second-order valence-electron chi connectivity index (χ2n) is 7.83. The molecular weight excluding hydrogens is 392 g/mol. The molecule has 2 aromatic carbocycles. The van der Waals surface area contributed by atoms with E-state index in [2.05, 4.69) is 64.8 Å². The van der Waals surface area contributed by atoms with E-state index < -0.39 is 0 Å². The molecule has 1 N–H and O–H groups in total. The van der Waals surface area contributed by atoms with Gasteiger partial charge in [-0.1, -0.05) is 36.0 Å². The van der Waals surface area contributed by atoms with Gasteiger partial charge in [-0.25, -0.2) is 4.98 Å². The van der Waals surface area contributed by atoms with E-state index in [4.69, 9.17) is 0 Å². The summed E-state index contributed by atoms with van der Waals surface area (Å²) in [6, 6.07) is 14.7. The van der Waals surface area contributed by atoms with Gasteiger partial charge < -0.3 is 9.88 Å². The normalized spacial score (nSPS) is 13.6. The predicted octanol–water partition coefficient (Wildman–Crippen LogP) is 4.65. The van der Waals surface area contributed by atoms with Crippen LogP contribution in [0.4, 0.5) is 0 Å². The van der Waals surface area contributed by atoms with Crippen molar-refractivity contribution in [3.63, 3.8) is 0 Å². The molecule has 2 aromatic heterocycles. The zero-order valence-corrected chi connectivity index (χ0v) is 18.0. The van der Waals surface area contributed by atoms with Crippen LogP contribution < -0.4 is 0 Å². The zero-order chi connectivity index (χ0) is 20.7. The minimum atomic E-state index is 0.158. The van der Waals surface area contributed by atoms with Crippen molar-refractivity contribution in [2.24, 2.45) is 0 Å². The zero-order valence-electron chi connectivity index (χ0n) is 17.2. The van der Waals surface area contributed by atoms with Gasteiger partial charge in [0.25, 0.3) is 0 Å². The van der Waals surface area contributed by atoms with Crippen molar-refractivity contribution in [2.75, 3.05) is 12.3 Å². The molecule has 0 unspecified atom stereocenters. The van der Waals surface area contributed by atoms with Gasteiger partial charge in [-0.3, -0.25) is 9.36 Å². The van der Waals surface area contributed by atoms with E-state index in [1.807, 2.05) is 17.2 Å². The van der Waals surface area contributed by atoms with Gasteiger partial charge >= 0.3 is 0 Å². The SMILES string of the molecule is Cc1ccc(-n2ccnc2SCC(=O)N2CCc3[nH]c4ccccc4c3C2)cc1C. The van der Waals surface area contributed by atoms with Crippen LogP contribution in [-0.4, -0.2) is 37.6 Å². The maximum absolute atomic E-state index is 13.0. The lowest BCUT2D eigenvalue weighted by atomic mass is 10.0. The standard InChI is InChI=1S/C24H24N4OS/c1-16-7-8-18(13-17(16)2)28-12-10-25-24(28)30-15-23(29)27-11-9-22-20(14-27)19-5-3-4-6-21(19)26-22/h3-8,10,12-13,26H,9,11,14-15H2,1-2H3. The lowest BCUT2D eigenvalue weighted by Crippen LogP contribution is -2.36. The van der Waals surface area contributed by atoms with E-state index >= 15 is 0 Å². The molecule has 0 radical (unpaired) electrons. The lowest BCUT2D eigenvalue weighted by molar-refractivity contribution is -0.129. The smallest absolute Gasteiger partial charge is 0.233 e. The molecule has 3 heterocycles. The number of nitrogens with zero attached hydrogens (tertiary/aromatic N) is 3. The molecule has 1 aliphatic rings. The minimum absolute atomic E-state index is 0.158. The van der Waals surface area contributed by atoms with E-state index in [0.717, 1.165) is 29.3 Å². The topological polar surface area (TPSA) is 53.9 Å². The third-order valence-electron chi connectivity index (χ3n) is 5.94. The highest BCUT2D eigenvalue weighted by Crippen LogP contribution is 2.28. The van der Waals surface area contributed by atoms with Gasteiger partial charge in [0.1, 0.15) is 0 Å². The molecule has 6 heteroatoms. The summed E-state index contributed by atoms with van der Waals surface area (Å²) in [5.41, 5.74) is 7.26. The first-order valence-corrected chi connectivity index (χ1v) is 11.2. The van der Waals surface area contributed by atoms with Gasteiger partial charge in [-0.15, -0.1) is 0 Å². The minimum Gasteiger partial charge on any atom is -0.358 e. The highest BCUT2D eigenvalue weighted by molar-refractivity contribution is 7.99. The number of amides is 1. The number of nitrogens with one attached hydrogen (secondary N) is 1. The van der Waals surface area contributed by atoms with Gasteiger partial charge in [0.15, 0.2) is 5.16 Å². The van der Waals surface area contributed by atoms with Crippen LogP contribution in [0, 0.1) is 13.8 Å². The van der Waals surface area contributed by atoms with Crippen molar-refractivity contribution in [3.8, 4) is 5.69 Å². The summed E-state index contributed by atoms with van der Waals surface area (Å²) in [6.07, 6.45) is 4.62. The molecule has 0 saturated carbocycles. The first-order chi connectivity index (χ1) is 14.6. The van der Waals surface area contributed by atoms with E-state index in [-0.39, 0.29) is 5.91 Å². The third-order valence-corrected chi connectivity index (χ3v) is 6.89. The average molecular weight is 417 g/mol. The first-order valence-electron chi connectivity index (χ1n) is 10.2. The summed E-state index contributed by atoms with van der Waals surface area (Å²) < 4.78 is 2.05. The van der Waals surface area contributed by atoms with Crippen LogP contribution in [0.25, 0.3) is 16.6 Å². The number of carbonyl (C=O) groups is 1. The molecule has 1 aliphatic heterocycles. The number of fused-ring (bicyclic) bond motifs is 3. The third kappa shape index (κ3) is 3.41. The van der Waals surface area contributed by atoms with Gasteiger partial charge in [0, 0.05) is 59.8 Å². The highest BCUT2D eigenvalue weighted by Gasteiger charge is 2.24. The van der Waals surface area contributed by atoms with Crippen LogP contribution in [0.5, 0.6) is 0 Å². The number of hydrogen-bond acceptors (Lipinski definition) is 3. The summed E-state index contributed by atoms with van der Waals surface area (Å²) in [5, 5.41) is 2.07. The van der Waals surface area contributed by atoms with Crippen LogP contribution >= 0.6 is 11.8 Å². The van der Waals surface area contributed by atoms with Gasteiger partial charge in [-0.05, 0) is 43.2 Å². The molecule has 0 aliphatic carbocycles. The quantitative estimate of drug-likeness (QED) is 0.493. The van der Waals surface area contributed by atoms with Gasteiger partial charge in [0.2, 0.25) is 5.91 Å². The molecular formula is C24H24N4OS. The summed E-state index contributed by atoms with van der Waals surface area (Å²) >= 11 is 1.50. The van der Waals surface area contributed by atoms with Crippen molar-refractivity contribution in [3.05, 3.63) is 77.2 Å². The number of H-pyrrole nitrogens is 1. The Bertz CT molecular complexity index is 1240. The highest BCUT2D eigenvalue weighted by atomic mass is 32.2. The van der Waals surface area contributed by atoms with Crippen LogP contribution in [-0.2, 0) is 17.8 Å². The molecule has 1 amide bonds. The number of carbonyl (C=O) groups excluding carboxylic acids is 1. The Balaban J connectivity index is 1.29. The van der Waals surface area contributed by atoms with Crippen LogP contribution in [0.2, 0.25) is 0 Å². The number of aromatic amines is 1. The number of imidazole rings is 1. The largest absolute Gasteiger partial charge is 0.358 e. The molecule has 0 spiro atoms. The van der Waals surface area contributed by atoms with Gasteiger partial charge in [0.05, 0.1) is 5.75 Å². The average Bonchev–Trinajstić information content (AvgIpc) is 3.38. The Morgan fingerprint density at radius 1 is 1.17 bits per heavy atom. The van der Waals surface area contributed by atoms with E-state index in [0.29, 0.717) is 12.3 Å². The molecule has 4 aromatic rings. The Morgan fingerprint density at radius 2 is 2.03 bits per heavy atom. The number of aromatic nitrogens is 3. The monoisotopic (exact) mass is 416 g/mol. The maximum Gasteiger partial charge on any atom is 0.233 e. The molecule has 0 fully saturated rings. The molecule has 0 saturated heterocycles. The van der Waals surface area contributed by atoms with Crippen molar-refractivity contribution < 1.29 is 4.79 Å². The van der Waals surface area contributed by atoms with Crippen molar-refractivity contribution >= 4 is 28.6 Å². The van der Waals surface area contributed by atoms with Crippen molar-refractivity contribution in [1.29, 1.82) is 0 Å². The van der Waals surface area contributed by atoms with E-state index in [1.54, 1.807) is 6.20 Å². The Labute approximate surface area is 180 Å². The summed E-state index contributed by atoms with van der Waals surface area (Å²) in [4.78, 5) is 22.9. The van der Waals surface area contributed by atoms with Crippen LogP contribution in [0.1, 0.15) is 22.4 Å². The summed E-state index contributed by atoms with van der Waals surface area (Å²) in [7, 11) is 0. The lowest BCUT2D eigenvalue weighted by Gasteiger charge is -2.27. The second-order valence-corrected chi connectivity index (χ2v) is 8.77. The van der Waals surface area contributed by atoms with Crippen molar-refractivity contribution in [2.45, 2.75) is 32.0 Å². The number of rotatable bonds is 4. The molecule has 5 rings (SSSR count). The molecule has 30 heavy (non-hydrogen) atoms. The molecule has 5 nitrogen and oxygen atoms in total. The maximum atomic E-state index is 13.0. The fourth-order valence-electron chi connectivity index (χ4n) is 4.07. The molecule has 0 bridgehead atoms. The number of para-hydroxylation sites is 1.